The van der Waals surface area contributed by atoms with Gasteiger partial charge in [-0.1, -0.05) is 91.0 Å². The van der Waals surface area contributed by atoms with Crippen molar-refractivity contribution in [2.24, 2.45) is 0 Å². The number of benzene rings is 6. The Balaban J connectivity index is 1.19. The van der Waals surface area contributed by atoms with Gasteiger partial charge in [0, 0.05) is 53.2 Å². The highest BCUT2D eigenvalue weighted by molar-refractivity contribution is 7.26. The zero-order valence-corrected chi connectivity index (χ0v) is 26.3. The SMILES string of the molecule is c1ccc(-c2nc(-c3cccc4c3sc3ccccc34)nc(-c3cccc4oc5cc(-c6nc7ccccc7s6)ccc5c34)n2)cc1. The smallest absolute Gasteiger partial charge is 0.165 e. The third kappa shape index (κ3) is 4.28. The van der Waals surface area contributed by atoms with Crippen molar-refractivity contribution in [3.05, 3.63) is 133 Å². The summed E-state index contributed by atoms with van der Waals surface area (Å²) in [5, 5.41) is 5.41. The van der Waals surface area contributed by atoms with Gasteiger partial charge in [-0.3, -0.25) is 0 Å². The second-order valence-corrected chi connectivity index (χ2v) is 13.5. The van der Waals surface area contributed by atoms with Crippen molar-refractivity contribution in [3.63, 3.8) is 0 Å². The van der Waals surface area contributed by atoms with Crippen LogP contribution in [0.3, 0.4) is 0 Å². The number of fused-ring (bicyclic) bond motifs is 7. The summed E-state index contributed by atoms with van der Waals surface area (Å²) >= 11 is 3.46. The Morgan fingerprint density at radius 2 is 1.17 bits per heavy atom. The molecule has 0 atom stereocenters. The molecule has 4 heterocycles. The Morgan fingerprint density at radius 3 is 2.06 bits per heavy atom. The van der Waals surface area contributed by atoms with Crippen LogP contribution in [0, 0.1) is 0 Å². The van der Waals surface area contributed by atoms with Crippen LogP contribution in [-0.2, 0) is 0 Å². The van der Waals surface area contributed by atoms with E-state index in [1.807, 2.05) is 54.6 Å². The van der Waals surface area contributed by atoms with Crippen LogP contribution in [0.4, 0.5) is 0 Å². The van der Waals surface area contributed by atoms with Crippen LogP contribution in [0.25, 0.3) is 97.1 Å². The van der Waals surface area contributed by atoms with Crippen LogP contribution in [0.2, 0.25) is 0 Å². The fourth-order valence-electron chi connectivity index (χ4n) is 6.40. The van der Waals surface area contributed by atoms with E-state index in [2.05, 4.69) is 78.9 Å². The van der Waals surface area contributed by atoms with Crippen LogP contribution in [0.1, 0.15) is 0 Å². The van der Waals surface area contributed by atoms with Gasteiger partial charge in [0.1, 0.15) is 16.2 Å². The standard InChI is InChI=1S/C40H22N4OS2/c1-2-10-23(11-3-1)37-42-38(44-39(43-37)29-15-8-13-26-25-12-4-6-18-33(25)46-36(26)29)28-14-9-17-31-35(28)27-21-20-24(22-32(27)45-31)40-41-30-16-5-7-19-34(30)47-40/h1-22H. The summed E-state index contributed by atoms with van der Waals surface area (Å²) < 4.78 is 10.1. The van der Waals surface area contributed by atoms with Gasteiger partial charge in [-0.05, 0) is 42.5 Å². The summed E-state index contributed by atoms with van der Waals surface area (Å²) in [5.74, 6) is 1.89. The van der Waals surface area contributed by atoms with Gasteiger partial charge in [-0.15, -0.1) is 22.7 Å². The predicted molar refractivity (Wildman–Crippen MR) is 195 cm³/mol. The van der Waals surface area contributed by atoms with Crippen molar-refractivity contribution in [1.82, 2.24) is 19.9 Å². The third-order valence-electron chi connectivity index (χ3n) is 8.59. The van der Waals surface area contributed by atoms with E-state index in [4.69, 9.17) is 24.4 Å². The molecule has 0 saturated heterocycles. The lowest BCUT2D eigenvalue weighted by atomic mass is 10.0. The molecule has 10 aromatic rings. The van der Waals surface area contributed by atoms with Gasteiger partial charge >= 0.3 is 0 Å². The molecule has 47 heavy (non-hydrogen) atoms. The molecule has 0 aliphatic rings. The fraction of sp³-hybridized carbons (Fsp3) is 0. The normalized spacial score (nSPS) is 11.8. The summed E-state index contributed by atoms with van der Waals surface area (Å²) in [6, 6.07) is 45.7. The Kier molecular flexibility index (Phi) is 5.85. The molecule has 6 aromatic carbocycles. The van der Waals surface area contributed by atoms with E-state index in [0.717, 1.165) is 54.7 Å². The highest BCUT2D eigenvalue weighted by Gasteiger charge is 2.20. The highest BCUT2D eigenvalue weighted by atomic mass is 32.1. The summed E-state index contributed by atoms with van der Waals surface area (Å²) in [7, 11) is 0. The second kappa shape index (κ2) is 10.4. The van der Waals surface area contributed by atoms with Crippen LogP contribution in [0.15, 0.2) is 138 Å². The summed E-state index contributed by atoms with van der Waals surface area (Å²) in [6.07, 6.45) is 0. The molecule has 5 nitrogen and oxygen atoms in total. The van der Waals surface area contributed by atoms with Crippen molar-refractivity contribution >= 4 is 75.0 Å². The molecule has 0 aliphatic heterocycles. The lowest BCUT2D eigenvalue weighted by Crippen LogP contribution is -2.00. The lowest BCUT2D eigenvalue weighted by molar-refractivity contribution is 0.669. The molecule has 0 unspecified atom stereocenters. The molecule has 0 amide bonds. The van der Waals surface area contributed by atoms with Crippen LogP contribution in [-0.4, -0.2) is 19.9 Å². The molecule has 0 spiro atoms. The lowest BCUT2D eigenvalue weighted by Gasteiger charge is -2.10. The molecule has 0 saturated carbocycles. The molecule has 7 heteroatoms. The summed E-state index contributed by atoms with van der Waals surface area (Å²) in [5.41, 5.74) is 6.46. The first-order chi connectivity index (χ1) is 23.3. The van der Waals surface area contributed by atoms with E-state index < -0.39 is 0 Å². The number of para-hydroxylation sites is 1. The van der Waals surface area contributed by atoms with Gasteiger partial charge in [0.05, 0.1) is 10.2 Å². The first kappa shape index (κ1) is 26.5. The number of furan rings is 1. The molecule has 0 N–H and O–H groups in total. The molecule has 0 radical (unpaired) electrons. The van der Waals surface area contributed by atoms with Gasteiger partial charge < -0.3 is 4.42 Å². The van der Waals surface area contributed by atoms with E-state index in [1.165, 1.54) is 24.9 Å². The number of rotatable bonds is 4. The molecule has 0 fully saturated rings. The minimum Gasteiger partial charge on any atom is -0.456 e. The quantitative estimate of drug-likeness (QED) is 0.192. The largest absolute Gasteiger partial charge is 0.456 e. The van der Waals surface area contributed by atoms with E-state index in [-0.39, 0.29) is 0 Å². The maximum Gasteiger partial charge on any atom is 0.165 e. The molecular formula is C40H22N4OS2. The van der Waals surface area contributed by atoms with Crippen molar-refractivity contribution in [2.75, 3.05) is 0 Å². The van der Waals surface area contributed by atoms with E-state index in [9.17, 15) is 0 Å². The number of nitrogens with zero attached hydrogens (tertiary/aromatic N) is 4. The Labute approximate surface area is 276 Å². The Bertz CT molecular complexity index is 2780. The number of thiazole rings is 1. The molecule has 220 valence electrons. The summed E-state index contributed by atoms with van der Waals surface area (Å²) in [6.45, 7) is 0. The second-order valence-electron chi connectivity index (χ2n) is 11.4. The molecule has 0 aliphatic carbocycles. The molecule has 4 aromatic heterocycles. The predicted octanol–water partition coefficient (Wildman–Crippen LogP) is 11.4. The average Bonchev–Trinajstić information content (AvgIpc) is 3.84. The first-order valence-electron chi connectivity index (χ1n) is 15.3. The van der Waals surface area contributed by atoms with Crippen LogP contribution in [0.5, 0.6) is 0 Å². The van der Waals surface area contributed by atoms with Gasteiger partial charge in [0.25, 0.3) is 0 Å². The molecule has 0 bridgehead atoms. The number of thiophene rings is 1. The maximum atomic E-state index is 6.48. The van der Waals surface area contributed by atoms with Crippen molar-refractivity contribution in [1.29, 1.82) is 0 Å². The monoisotopic (exact) mass is 638 g/mol. The van der Waals surface area contributed by atoms with Crippen molar-refractivity contribution in [3.8, 4) is 44.7 Å². The van der Waals surface area contributed by atoms with E-state index in [1.54, 1.807) is 22.7 Å². The Hall–Kier alpha value is -5.76. The van der Waals surface area contributed by atoms with Gasteiger partial charge in [0.2, 0.25) is 0 Å². The van der Waals surface area contributed by atoms with E-state index in [0.29, 0.717) is 17.5 Å². The average molecular weight is 639 g/mol. The molecular weight excluding hydrogens is 617 g/mol. The number of hydrogen-bond acceptors (Lipinski definition) is 7. The zero-order chi connectivity index (χ0) is 30.9. The highest BCUT2D eigenvalue weighted by Crippen LogP contribution is 2.42. The number of aromatic nitrogens is 4. The van der Waals surface area contributed by atoms with Gasteiger partial charge in [-0.25, -0.2) is 19.9 Å². The summed E-state index contributed by atoms with van der Waals surface area (Å²) in [4.78, 5) is 20.2. The minimum atomic E-state index is 0.607. The van der Waals surface area contributed by atoms with Crippen molar-refractivity contribution in [2.45, 2.75) is 0 Å². The van der Waals surface area contributed by atoms with Gasteiger partial charge in [-0.2, -0.15) is 0 Å². The third-order valence-corrected chi connectivity index (χ3v) is 10.9. The van der Waals surface area contributed by atoms with E-state index >= 15 is 0 Å². The maximum absolute atomic E-state index is 6.48. The number of hydrogen-bond donors (Lipinski definition) is 0. The van der Waals surface area contributed by atoms with Gasteiger partial charge in [0.15, 0.2) is 17.5 Å². The van der Waals surface area contributed by atoms with Crippen molar-refractivity contribution < 1.29 is 4.42 Å². The first-order valence-corrected chi connectivity index (χ1v) is 16.9. The van der Waals surface area contributed by atoms with Crippen LogP contribution < -0.4 is 0 Å². The fourth-order valence-corrected chi connectivity index (χ4v) is 8.57. The zero-order valence-electron chi connectivity index (χ0n) is 24.7. The van der Waals surface area contributed by atoms with Crippen LogP contribution >= 0.6 is 22.7 Å². The topological polar surface area (TPSA) is 64.7 Å². The molecule has 10 rings (SSSR count). The minimum absolute atomic E-state index is 0.607. The Morgan fingerprint density at radius 1 is 0.447 bits per heavy atom.